The summed E-state index contributed by atoms with van der Waals surface area (Å²) in [5.41, 5.74) is 0. The van der Waals surface area contributed by atoms with Gasteiger partial charge in [0.1, 0.15) is 0 Å². The molecule has 0 aromatic carbocycles. The zero-order chi connectivity index (χ0) is 11.1. The molecule has 1 rings (SSSR count). The summed E-state index contributed by atoms with van der Waals surface area (Å²) in [6.45, 7) is 4.59. The van der Waals surface area contributed by atoms with E-state index in [9.17, 15) is 0 Å². The lowest BCUT2D eigenvalue weighted by molar-refractivity contribution is 0.413. The molecule has 2 heteroatoms. The van der Waals surface area contributed by atoms with E-state index in [1.54, 1.807) is 0 Å². The zero-order valence-electron chi connectivity index (χ0n) is 10.1. The Bertz CT molecular complexity index is 241. The number of aryl methyl sites for hydroxylation is 1. The Labute approximate surface area is 97.9 Å². The number of hydrogen-bond donors (Lipinski definition) is 1. The minimum Gasteiger partial charge on any atom is -0.317 e. The van der Waals surface area contributed by atoms with Gasteiger partial charge in [0.25, 0.3) is 0 Å². The summed E-state index contributed by atoms with van der Waals surface area (Å²) >= 11 is 1.88. The minimum absolute atomic E-state index is 0.699. The van der Waals surface area contributed by atoms with E-state index in [0.29, 0.717) is 6.04 Å². The average Bonchev–Trinajstić information content (AvgIpc) is 2.68. The number of nitrogens with one attached hydrogen (secondary N) is 1. The zero-order valence-corrected chi connectivity index (χ0v) is 10.9. The molecule has 86 valence electrons. The smallest absolute Gasteiger partial charge is 0.00666 e. The Morgan fingerprint density at radius 1 is 1.40 bits per heavy atom. The normalized spacial score (nSPS) is 13.3. The third kappa shape index (κ3) is 5.33. The summed E-state index contributed by atoms with van der Waals surface area (Å²) in [4.78, 5) is 1.52. The summed E-state index contributed by atoms with van der Waals surface area (Å²) in [6.07, 6.45) is 5.14. The minimum atomic E-state index is 0.699. The van der Waals surface area contributed by atoms with Crippen LogP contribution in [0.3, 0.4) is 0 Å². The predicted octanol–water partition coefficient (Wildman–Crippen LogP) is 3.70. The van der Waals surface area contributed by atoms with E-state index >= 15 is 0 Å². The molecule has 1 nitrogen and oxygen atoms in total. The molecule has 1 aromatic heterocycles. The number of thiophene rings is 1. The van der Waals surface area contributed by atoms with E-state index in [1.807, 2.05) is 11.3 Å². The van der Waals surface area contributed by atoms with E-state index in [2.05, 4.69) is 43.7 Å². The molecule has 1 atom stereocenters. The first-order valence-corrected chi connectivity index (χ1v) is 6.80. The maximum absolute atomic E-state index is 3.42. The molecule has 0 radical (unpaired) electrons. The molecule has 0 saturated heterocycles. The highest BCUT2D eigenvalue weighted by Gasteiger charge is 2.08. The summed E-state index contributed by atoms with van der Waals surface area (Å²) in [6, 6.07) is 5.08. The van der Waals surface area contributed by atoms with E-state index < -0.39 is 0 Å². The van der Waals surface area contributed by atoms with Gasteiger partial charge in [0, 0.05) is 10.9 Å². The lowest BCUT2D eigenvalue weighted by Gasteiger charge is -2.17. The van der Waals surface area contributed by atoms with Gasteiger partial charge in [-0.25, -0.2) is 0 Å². The molecule has 0 bridgehead atoms. The predicted molar refractivity (Wildman–Crippen MR) is 69.6 cm³/mol. The van der Waals surface area contributed by atoms with Gasteiger partial charge in [0.05, 0.1) is 0 Å². The summed E-state index contributed by atoms with van der Waals surface area (Å²) in [7, 11) is 2.08. The quantitative estimate of drug-likeness (QED) is 0.746. The molecule has 1 aromatic rings. The van der Waals surface area contributed by atoms with Crippen molar-refractivity contribution in [3.63, 3.8) is 0 Å². The molecule has 0 spiro atoms. The molecule has 15 heavy (non-hydrogen) atoms. The molecule has 0 fully saturated rings. The van der Waals surface area contributed by atoms with Crippen molar-refractivity contribution < 1.29 is 0 Å². The summed E-state index contributed by atoms with van der Waals surface area (Å²) < 4.78 is 0. The van der Waals surface area contributed by atoms with Crippen molar-refractivity contribution in [1.82, 2.24) is 5.32 Å². The SMILES string of the molecule is CNC(CCCc1cccs1)CC(C)C. The van der Waals surface area contributed by atoms with Gasteiger partial charge in [0.2, 0.25) is 0 Å². The Morgan fingerprint density at radius 2 is 2.20 bits per heavy atom. The maximum Gasteiger partial charge on any atom is 0.00666 e. The van der Waals surface area contributed by atoms with Gasteiger partial charge >= 0.3 is 0 Å². The fourth-order valence-electron chi connectivity index (χ4n) is 1.93. The van der Waals surface area contributed by atoms with E-state index in [4.69, 9.17) is 0 Å². The fraction of sp³-hybridized carbons (Fsp3) is 0.692. The first kappa shape index (κ1) is 12.7. The van der Waals surface area contributed by atoms with Gasteiger partial charge in [-0.15, -0.1) is 11.3 Å². The lowest BCUT2D eigenvalue weighted by atomic mass is 9.99. The molecular weight excluding hydrogens is 202 g/mol. The second-order valence-electron chi connectivity index (χ2n) is 4.59. The standard InChI is InChI=1S/C13H23NS/c1-11(2)10-12(14-3)6-4-7-13-8-5-9-15-13/h5,8-9,11-12,14H,4,6-7,10H2,1-3H3. The highest BCUT2D eigenvalue weighted by Crippen LogP contribution is 2.15. The average molecular weight is 225 g/mol. The van der Waals surface area contributed by atoms with E-state index in [1.165, 1.54) is 30.6 Å². The van der Waals surface area contributed by atoms with Crippen molar-refractivity contribution in [2.24, 2.45) is 5.92 Å². The summed E-state index contributed by atoms with van der Waals surface area (Å²) in [5.74, 6) is 0.796. The van der Waals surface area contributed by atoms with Crippen LogP contribution in [0.1, 0.15) is 38.0 Å². The van der Waals surface area contributed by atoms with Crippen LogP contribution in [0.15, 0.2) is 17.5 Å². The molecule has 0 aliphatic rings. The van der Waals surface area contributed by atoms with E-state index in [-0.39, 0.29) is 0 Å². The van der Waals surface area contributed by atoms with Gasteiger partial charge < -0.3 is 5.32 Å². The molecule has 1 unspecified atom stereocenters. The van der Waals surface area contributed by atoms with Crippen molar-refractivity contribution in [2.75, 3.05) is 7.05 Å². The lowest BCUT2D eigenvalue weighted by Crippen LogP contribution is -2.26. The highest BCUT2D eigenvalue weighted by atomic mass is 32.1. The van der Waals surface area contributed by atoms with E-state index in [0.717, 1.165) is 5.92 Å². The third-order valence-corrected chi connectivity index (χ3v) is 3.66. The first-order valence-electron chi connectivity index (χ1n) is 5.92. The highest BCUT2D eigenvalue weighted by molar-refractivity contribution is 7.09. The van der Waals surface area contributed by atoms with Gasteiger partial charge in [-0.1, -0.05) is 19.9 Å². The Morgan fingerprint density at radius 3 is 2.73 bits per heavy atom. The van der Waals surface area contributed by atoms with Crippen LogP contribution in [0.25, 0.3) is 0 Å². The molecule has 0 aliphatic heterocycles. The summed E-state index contributed by atoms with van der Waals surface area (Å²) in [5, 5.41) is 5.58. The van der Waals surface area contributed by atoms with Crippen molar-refractivity contribution in [1.29, 1.82) is 0 Å². The fourth-order valence-corrected chi connectivity index (χ4v) is 2.68. The van der Waals surface area contributed by atoms with Crippen LogP contribution in [0.2, 0.25) is 0 Å². The van der Waals surface area contributed by atoms with Crippen molar-refractivity contribution >= 4 is 11.3 Å². The second kappa shape index (κ2) is 7.02. The van der Waals surface area contributed by atoms with Crippen LogP contribution < -0.4 is 5.32 Å². The van der Waals surface area contributed by atoms with Gasteiger partial charge in [0.15, 0.2) is 0 Å². The molecule has 0 amide bonds. The molecular formula is C13H23NS. The molecule has 0 saturated carbocycles. The molecule has 1 N–H and O–H groups in total. The van der Waals surface area contributed by atoms with Crippen LogP contribution >= 0.6 is 11.3 Å². The van der Waals surface area contributed by atoms with Crippen LogP contribution in [-0.4, -0.2) is 13.1 Å². The van der Waals surface area contributed by atoms with Crippen molar-refractivity contribution in [2.45, 2.75) is 45.6 Å². The Hall–Kier alpha value is -0.340. The largest absolute Gasteiger partial charge is 0.317 e. The first-order chi connectivity index (χ1) is 7.22. The number of hydrogen-bond acceptors (Lipinski definition) is 2. The molecule has 0 aliphatic carbocycles. The second-order valence-corrected chi connectivity index (χ2v) is 5.62. The van der Waals surface area contributed by atoms with Crippen molar-refractivity contribution in [3.05, 3.63) is 22.4 Å². The van der Waals surface area contributed by atoms with Crippen molar-refractivity contribution in [3.8, 4) is 0 Å². The monoisotopic (exact) mass is 225 g/mol. The van der Waals surface area contributed by atoms with Crippen LogP contribution in [0.4, 0.5) is 0 Å². The van der Waals surface area contributed by atoms with Gasteiger partial charge in [-0.05, 0) is 50.1 Å². The Kier molecular flexibility index (Phi) is 5.96. The topological polar surface area (TPSA) is 12.0 Å². The number of rotatable bonds is 7. The van der Waals surface area contributed by atoms with Gasteiger partial charge in [-0.3, -0.25) is 0 Å². The van der Waals surface area contributed by atoms with Crippen LogP contribution in [-0.2, 0) is 6.42 Å². The third-order valence-electron chi connectivity index (χ3n) is 2.72. The molecule has 1 heterocycles. The van der Waals surface area contributed by atoms with Crippen LogP contribution in [0, 0.1) is 5.92 Å². The van der Waals surface area contributed by atoms with Crippen LogP contribution in [0.5, 0.6) is 0 Å². The maximum atomic E-state index is 3.42. The Balaban J connectivity index is 2.17. The van der Waals surface area contributed by atoms with Gasteiger partial charge in [-0.2, -0.15) is 0 Å².